The van der Waals surface area contributed by atoms with Gasteiger partial charge in [0, 0.05) is 0 Å². The Morgan fingerprint density at radius 3 is 2.14 bits per heavy atom. The highest BCUT2D eigenvalue weighted by atomic mass is 79.9. The maximum Gasteiger partial charge on any atom is 0.331 e. The van der Waals surface area contributed by atoms with Crippen molar-refractivity contribution in [2.24, 2.45) is 0 Å². The number of amides is 1. The Morgan fingerprint density at radius 2 is 1.68 bits per heavy atom. The number of thiophene rings is 1. The van der Waals surface area contributed by atoms with Crippen LogP contribution in [0.25, 0.3) is 0 Å². The van der Waals surface area contributed by atoms with Gasteiger partial charge in [-0.05, 0) is 60.6 Å². The quantitative estimate of drug-likeness (QED) is 0.452. The number of carbonyl (C=O) groups excluding carboxylic acids is 2. The normalized spacial score (nSPS) is 17.6. The van der Waals surface area contributed by atoms with Gasteiger partial charge in [0.05, 0.1) is 19.8 Å². The minimum absolute atomic E-state index is 0.254. The zero-order chi connectivity index (χ0) is 16.3. The van der Waals surface area contributed by atoms with E-state index in [9.17, 15) is 9.59 Å². The topological polar surface area (TPSA) is 55.4 Å². The molecule has 122 valence electrons. The Kier molecular flexibility index (Phi) is 6.50. The van der Waals surface area contributed by atoms with Crippen molar-refractivity contribution in [3.63, 3.8) is 0 Å². The van der Waals surface area contributed by atoms with E-state index in [0.717, 1.165) is 33.9 Å². The van der Waals surface area contributed by atoms with Crippen LogP contribution in [-0.4, -0.2) is 24.5 Å². The lowest BCUT2D eigenvalue weighted by atomic mass is 9.90. The molecule has 0 spiro atoms. The van der Waals surface area contributed by atoms with Crippen LogP contribution in [0.15, 0.2) is 12.7 Å². The molecular formula is C14H16Br3NO3S. The van der Waals surface area contributed by atoms with Crippen molar-refractivity contribution < 1.29 is 14.3 Å². The first-order valence-corrected chi connectivity index (χ1v) is 10.1. The Hall–Kier alpha value is 0.0800. The van der Waals surface area contributed by atoms with Gasteiger partial charge in [0.1, 0.15) is 10.4 Å². The molecule has 1 heterocycles. The predicted molar refractivity (Wildman–Crippen MR) is 97.3 cm³/mol. The monoisotopic (exact) mass is 515 g/mol. The van der Waals surface area contributed by atoms with Gasteiger partial charge in [0.25, 0.3) is 5.91 Å². The van der Waals surface area contributed by atoms with E-state index >= 15 is 0 Å². The lowest BCUT2D eigenvalue weighted by Crippen LogP contribution is -2.54. The first kappa shape index (κ1) is 18.4. The average molecular weight is 518 g/mol. The first-order valence-electron chi connectivity index (χ1n) is 6.95. The number of nitrogens with one attached hydrogen (secondary N) is 1. The number of methoxy groups -OCH3 is 1. The second-order valence-electron chi connectivity index (χ2n) is 5.27. The molecule has 1 fully saturated rings. The molecule has 1 aliphatic carbocycles. The molecule has 0 unspecified atom stereocenters. The van der Waals surface area contributed by atoms with E-state index in [1.165, 1.54) is 18.4 Å². The molecule has 8 heteroatoms. The van der Waals surface area contributed by atoms with Crippen molar-refractivity contribution in [3.05, 3.63) is 17.6 Å². The number of ether oxygens (including phenoxy) is 1. The molecule has 22 heavy (non-hydrogen) atoms. The van der Waals surface area contributed by atoms with Crippen LogP contribution >= 0.6 is 59.1 Å². The van der Waals surface area contributed by atoms with Gasteiger partial charge < -0.3 is 10.1 Å². The Bertz CT molecular complexity index is 580. The number of carbonyl (C=O) groups is 2. The second-order valence-corrected chi connectivity index (χ2v) is 9.20. The van der Waals surface area contributed by atoms with Crippen LogP contribution in [0.4, 0.5) is 0 Å². The van der Waals surface area contributed by atoms with Crippen LogP contribution < -0.4 is 5.32 Å². The molecule has 0 aliphatic heterocycles. The fraction of sp³-hybridized carbons (Fsp3) is 0.571. The first-order chi connectivity index (χ1) is 10.4. The molecule has 1 aromatic rings. The standard InChI is InChI=1S/C14H16Br3NO3S/c1-21-13(20)14(6-4-2-3-5-7-14)18-12(19)10-8(15)9(16)11(17)22-10/h2-7H2,1H3,(H,18,19). The Morgan fingerprint density at radius 1 is 1.09 bits per heavy atom. The van der Waals surface area contributed by atoms with E-state index in [2.05, 4.69) is 53.1 Å². The van der Waals surface area contributed by atoms with Crippen molar-refractivity contribution >= 4 is 71.0 Å². The fourth-order valence-electron chi connectivity index (χ4n) is 2.69. The molecule has 0 bridgehead atoms. The van der Waals surface area contributed by atoms with Gasteiger partial charge in [0.2, 0.25) is 0 Å². The zero-order valence-electron chi connectivity index (χ0n) is 12.0. The summed E-state index contributed by atoms with van der Waals surface area (Å²) >= 11 is 11.5. The zero-order valence-corrected chi connectivity index (χ0v) is 17.6. The molecule has 0 atom stereocenters. The number of rotatable bonds is 3. The third kappa shape index (κ3) is 3.76. The van der Waals surface area contributed by atoms with E-state index < -0.39 is 5.54 Å². The lowest BCUT2D eigenvalue weighted by molar-refractivity contribution is -0.148. The summed E-state index contributed by atoms with van der Waals surface area (Å²) in [5.74, 6) is -0.607. The molecule has 1 aromatic heterocycles. The van der Waals surface area contributed by atoms with Crippen LogP contribution in [0, 0.1) is 0 Å². The second kappa shape index (κ2) is 7.77. The number of halogens is 3. The summed E-state index contributed by atoms with van der Waals surface area (Å²) in [6, 6.07) is 0. The Labute approximate surface area is 158 Å². The van der Waals surface area contributed by atoms with Gasteiger partial charge in [-0.15, -0.1) is 11.3 Å². The molecule has 1 saturated carbocycles. The van der Waals surface area contributed by atoms with Crippen LogP contribution in [0.2, 0.25) is 0 Å². The highest BCUT2D eigenvalue weighted by Gasteiger charge is 2.41. The van der Waals surface area contributed by atoms with Crippen molar-refractivity contribution in [2.45, 2.75) is 44.1 Å². The van der Waals surface area contributed by atoms with Gasteiger partial charge in [0.15, 0.2) is 0 Å². The maximum atomic E-state index is 12.7. The van der Waals surface area contributed by atoms with Crippen molar-refractivity contribution in [1.29, 1.82) is 0 Å². The largest absolute Gasteiger partial charge is 0.467 e. The molecule has 0 saturated heterocycles. The van der Waals surface area contributed by atoms with Gasteiger partial charge in [-0.1, -0.05) is 25.7 Å². The summed E-state index contributed by atoms with van der Waals surface area (Å²) in [5, 5.41) is 2.95. The van der Waals surface area contributed by atoms with Crippen LogP contribution in [0.5, 0.6) is 0 Å². The molecule has 1 aliphatic rings. The third-order valence-corrected chi connectivity index (χ3v) is 8.88. The maximum absolute atomic E-state index is 12.7. The van der Waals surface area contributed by atoms with Gasteiger partial charge in [-0.3, -0.25) is 4.79 Å². The summed E-state index contributed by atoms with van der Waals surface area (Å²) in [4.78, 5) is 25.5. The van der Waals surface area contributed by atoms with Gasteiger partial charge >= 0.3 is 5.97 Å². The van der Waals surface area contributed by atoms with E-state index in [0.29, 0.717) is 22.2 Å². The molecule has 1 amide bonds. The minimum Gasteiger partial charge on any atom is -0.467 e. The average Bonchev–Trinajstić information content (AvgIpc) is 2.71. The third-order valence-electron chi connectivity index (χ3n) is 3.85. The summed E-state index contributed by atoms with van der Waals surface area (Å²) in [7, 11) is 1.37. The minimum atomic E-state index is -0.912. The van der Waals surface area contributed by atoms with Crippen LogP contribution in [0.1, 0.15) is 48.2 Å². The summed E-state index contributed by atoms with van der Waals surface area (Å²) in [6.07, 6.45) is 5.22. The molecule has 1 N–H and O–H groups in total. The van der Waals surface area contributed by atoms with Crippen LogP contribution in [0.3, 0.4) is 0 Å². The molecule has 0 aromatic carbocycles. The summed E-state index contributed by atoms with van der Waals surface area (Å²) in [5.41, 5.74) is -0.912. The summed E-state index contributed by atoms with van der Waals surface area (Å²) in [6.45, 7) is 0. The highest BCUT2D eigenvalue weighted by molar-refractivity contribution is 9.14. The van der Waals surface area contributed by atoms with E-state index in [-0.39, 0.29) is 11.9 Å². The van der Waals surface area contributed by atoms with E-state index in [1.807, 2.05) is 0 Å². The van der Waals surface area contributed by atoms with Crippen molar-refractivity contribution in [3.8, 4) is 0 Å². The SMILES string of the molecule is COC(=O)C1(NC(=O)c2sc(Br)c(Br)c2Br)CCCCCC1. The molecule has 4 nitrogen and oxygen atoms in total. The smallest absolute Gasteiger partial charge is 0.331 e. The van der Waals surface area contributed by atoms with Gasteiger partial charge in [-0.25, -0.2) is 4.79 Å². The molecule has 0 radical (unpaired) electrons. The van der Waals surface area contributed by atoms with E-state index in [4.69, 9.17) is 4.74 Å². The van der Waals surface area contributed by atoms with Crippen LogP contribution in [-0.2, 0) is 9.53 Å². The number of hydrogen-bond acceptors (Lipinski definition) is 4. The fourth-order valence-corrected chi connectivity index (χ4v) is 5.67. The van der Waals surface area contributed by atoms with Crippen molar-refractivity contribution in [2.75, 3.05) is 7.11 Å². The van der Waals surface area contributed by atoms with Gasteiger partial charge in [-0.2, -0.15) is 0 Å². The summed E-state index contributed by atoms with van der Waals surface area (Å²) < 4.78 is 7.29. The molecular weight excluding hydrogens is 502 g/mol. The van der Waals surface area contributed by atoms with Crippen molar-refractivity contribution in [1.82, 2.24) is 5.32 Å². The Balaban J connectivity index is 2.28. The number of hydrogen-bond donors (Lipinski definition) is 1. The highest BCUT2D eigenvalue weighted by Crippen LogP contribution is 2.41. The predicted octanol–water partition coefficient (Wildman–Crippen LogP) is 5.03. The number of esters is 1. The molecule has 2 rings (SSSR count). The lowest BCUT2D eigenvalue weighted by Gasteiger charge is -2.30. The van der Waals surface area contributed by atoms with E-state index in [1.54, 1.807) is 0 Å².